The van der Waals surface area contributed by atoms with Gasteiger partial charge in [0.05, 0.1) is 6.26 Å². The Morgan fingerprint density at radius 1 is 1.45 bits per heavy atom. The van der Waals surface area contributed by atoms with Crippen LogP contribution in [0, 0.1) is 0 Å². The Labute approximate surface area is 121 Å². The van der Waals surface area contributed by atoms with E-state index >= 15 is 0 Å². The molecule has 0 bridgehead atoms. The lowest BCUT2D eigenvalue weighted by molar-refractivity contribution is 0.111. The molecule has 6 heteroatoms. The van der Waals surface area contributed by atoms with Crippen LogP contribution in [0.3, 0.4) is 0 Å². The van der Waals surface area contributed by atoms with E-state index in [2.05, 4.69) is 22.6 Å². The molecule has 0 aliphatic carbocycles. The average Bonchev–Trinajstić information content (AvgIpc) is 2.79. The van der Waals surface area contributed by atoms with Crippen LogP contribution in [0.2, 0.25) is 0 Å². The van der Waals surface area contributed by atoms with Gasteiger partial charge in [-0.05, 0) is 25.6 Å². The van der Waals surface area contributed by atoms with Gasteiger partial charge in [0.25, 0.3) is 0 Å². The number of fused-ring (bicyclic) bond motifs is 1. The van der Waals surface area contributed by atoms with Crippen molar-refractivity contribution in [3.63, 3.8) is 0 Å². The van der Waals surface area contributed by atoms with Gasteiger partial charge >= 0.3 is 0 Å². The molecule has 1 aromatic carbocycles. The Morgan fingerprint density at radius 2 is 2.15 bits per heavy atom. The molecule has 1 aromatic rings. The Hall–Kier alpha value is -1.11. The van der Waals surface area contributed by atoms with Gasteiger partial charge in [0, 0.05) is 25.6 Å². The highest BCUT2D eigenvalue weighted by molar-refractivity contribution is 7.88. The Balaban J connectivity index is 1.85. The van der Waals surface area contributed by atoms with E-state index in [9.17, 15) is 8.42 Å². The second-order valence-electron chi connectivity index (χ2n) is 5.36. The Morgan fingerprint density at radius 3 is 2.80 bits per heavy atom. The zero-order chi connectivity index (χ0) is 14.8. The molecule has 0 saturated heterocycles. The molecule has 1 aliphatic rings. The van der Waals surface area contributed by atoms with E-state index in [0.717, 1.165) is 12.2 Å². The maximum Gasteiger partial charge on any atom is 0.208 e. The first-order chi connectivity index (χ1) is 9.37. The van der Waals surface area contributed by atoms with Crippen molar-refractivity contribution in [3.8, 4) is 5.75 Å². The summed E-state index contributed by atoms with van der Waals surface area (Å²) in [4.78, 5) is 2.12. The van der Waals surface area contributed by atoms with Gasteiger partial charge in [-0.3, -0.25) is 4.90 Å². The molecule has 112 valence electrons. The molecule has 2 rings (SSSR count). The molecule has 0 saturated carbocycles. The highest BCUT2D eigenvalue weighted by Crippen LogP contribution is 2.30. The van der Waals surface area contributed by atoms with Crippen LogP contribution in [-0.2, 0) is 16.4 Å². The van der Waals surface area contributed by atoms with Gasteiger partial charge in [0.1, 0.15) is 11.9 Å². The predicted octanol–water partition coefficient (Wildman–Crippen LogP) is 0.860. The van der Waals surface area contributed by atoms with Crippen molar-refractivity contribution in [1.29, 1.82) is 0 Å². The van der Waals surface area contributed by atoms with Gasteiger partial charge in [0.15, 0.2) is 0 Å². The van der Waals surface area contributed by atoms with Crippen LogP contribution >= 0.6 is 0 Å². The van der Waals surface area contributed by atoms with Crippen LogP contribution in [0.25, 0.3) is 0 Å². The number of benzene rings is 1. The summed E-state index contributed by atoms with van der Waals surface area (Å²) in [6.45, 7) is 3.18. The average molecular weight is 298 g/mol. The monoisotopic (exact) mass is 298 g/mol. The van der Waals surface area contributed by atoms with Crippen LogP contribution in [-0.4, -0.2) is 51.9 Å². The maximum atomic E-state index is 11.0. The lowest BCUT2D eigenvalue weighted by Crippen LogP contribution is -2.44. The molecule has 0 unspecified atom stereocenters. The Bertz CT molecular complexity index is 534. The summed E-state index contributed by atoms with van der Waals surface area (Å²) in [5, 5.41) is 0. The molecule has 0 fully saturated rings. The summed E-state index contributed by atoms with van der Waals surface area (Å²) in [7, 11) is -1.13. The lowest BCUT2D eigenvalue weighted by Gasteiger charge is -2.29. The van der Waals surface area contributed by atoms with E-state index in [1.807, 2.05) is 25.2 Å². The zero-order valence-electron chi connectivity index (χ0n) is 12.2. The molecule has 1 N–H and O–H groups in total. The molecule has 0 spiro atoms. The highest BCUT2D eigenvalue weighted by atomic mass is 32.2. The second-order valence-corrected chi connectivity index (χ2v) is 7.19. The highest BCUT2D eigenvalue weighted by Gasteiger charge is 2.29. The molecule has 1 heterocycles. The quantitative estimate of drug-likeness (QED) is 0.846. The van der Waals surface area contributed by atoms with E-state index in [4.69, 9.17) is 4.74 Å². The van der Waals surface area contributed by atoms with E-state index in [-0.39, 0.29) is 12.1 Å². The number of para-hydroxylation sites is 1. The minimum atomic E-state index is -3.12. The first-order valence-corrected chi connectivity index (χ1v) is 8.65. The fraction of sp³-hybridized carbons (Fsp3) is 0.571. The SMILES string of the molecule is C[C@H]([C@@H]1Cc2ccccc2O1)N(C)CCNS(C)(=O)=O. The minimum absolute atomic E-state index is 0.121. The number of rotatable bonds is 6. The van der Waals surface area contributed by atoms with Gasteiger partial charge in [-0.15, -0.1) is 0 Å². The van der Waals surface area contributed by atoms with Gasteiger partial charge in [0.2, 0.25) is 10.0 Å². The zero-order valence-corrected chi connectivity index (χ0v) is 13.0. The van der Waals surface area contributed by atoms with Crippen molar-refractivity contribution >= 4 is 10.0 Å². The van der Waals surface area contributed by atoms with Gasteiger partial charge in [-0.2, -0.15) is 0 Å². The van der Waals surface area contributed by atoms with Crippen LogP contribution < -0.4 is 9.46 Å². The summed E-state index contributed by atoms with van der Waals surface area (Å²) < 4.78 is 30.5. The molecule has 2 atom stereocenters. The third-order valence-electron chi connectivity index (χ3n) is 3.73. The first-order valence-electron chi connectivity index (χ1n) is 6.76. The smallest absolute Gasteiger partial charge is 0.208 e. The summed E-state index contributed by atoms with van der Waals surface area (Å²) in [6, 6.07) is 8.31. The van der Waals surface area contributed by atoms with E-state index in [1.54, 1.807) is 0 Å². The summed E-state index contributed by atoms with van der Waals surface area (Å²) in [6.07, 6.45) is 2.20. The minimum Gasteiger partial charge on any atom is -0.488 e. The lowest BCUT2D eigenvalue weighted by atomic mass is 10.0. The predicted molar refractivity (Wildman–Crippen MR) is 79.5 cm³/mol. The standard InChI is InChI=1S/C14H22N2O3S/c1-11(16(2)9-8-15-20(3,17)18)14-10-12-6-4-5-7-13(12)19-14/h4-7,11,14-15H,8-10H2,1-3H3/t11-,14+/m1/s1. The molecular formula is C14H22N2O3S. The van der Waals surface area contributed by atoms with E-state index in [0.29, 0.717) is 13.1 Å². The summed E-state index contributed by atoms with van der Waals surface area (Å²) >= 11 is 0. The first kappa shape index (κ1) is 15.3. The van der Waals surface area contributed by atoms with Crippen molar-refractivity contribution in [2.45, 2.75) is 25.5 Å². The van der Waals surface area contributed by atoms with Gasteiger partial charge in [-0.1, -0.05) is 18.2 Å². The van der Waals surface area contributed by atoms with Crippen molar-refractivity contribution in [3.05, 3.63) is 29.8 Å². The largest absolute Gasteiger partial charge is 0.488 e. The maximum absolute atomic E-state index is 11.0. The van der Waals surface area contributed by atoms with Crippen LogP contribution in [0.5, 0.6) is 5.75 Å². The normalized spacial score (nSPS) is 19.7. The summed E-state index contributed by atoms with van der Waals surface area (Å²) in [5.74, 6) is 0.965. The third kappa shape index (κ3) is 3.94. The Kier molecular flexibility index (Phi) is 4.67. The number of hydrogen-bond acceptors (Lipinski definition) is 4. The fourth-order valence-electron chi connectivity index (χ4n) is 2.37. The number of sulfonamides is 1. The van der Waals surface area contributed by atoms with Gasteiger partial charge < -0.3 is 4.74 Å². The molecule has 20 heavy (non-hydrogen) atoms. The van der Waals surface area contributed by atoms with Crippen molar-refractivity contribution < 1.29 is 13.2 Å². The number of ether oxygens (including phenoxy) is 1. The van der Waals surface area contributed by atoms with Gasteiger partial charge in [-0.25, -0.2) is 13.1 Å². The van der Waals surface area contributed by atoms with E-state index < -0.39 is 10.0 Å². The fourth-order valence-corrected chi connectivity index (χ4v) is 2.83. The summed E-state index contributed by atoms with van der Waals surface area (Å²) in [5.41, 5.74) is 1.24. The van der Waals surface area contributed by atoms with Crippen LogP contribution in [0.4, 0.5) is 0 Å². The molecule has 1 aliphatic heterocycles. The number of nitrogens with one attached hydrogen (secondary N) is 1. The molecule has 0 amide bonds. The number of likely N-dealkylation sites (N-methyl/N-ethyl adjacent to an activating group) is 1. The molecule has 5 nitrogen and oxygen atoms in total. The third-order valence-corrected chi connectivity index (χ3v) is 4.46. The molecule has 0 radical (unpaired) electrons. The van der Waals surface area contributed by atoms with Crippen molar-refractivity contribution in [2.75, 3.05) is 26.4 Å². The molecule has 0 aromatic heterocycles. The number of nitrogens with zero attached hydrogens (tertiary/aromatic N) is 1. The molecular weight excluding hydrogens is 276 g/mol. The topological polar surface area (TPSA) is 58.6 Å². The van der Waals surface area contributed by atoms with Crippen molar-refractivity contribution in [2.24, 2.45) is 0 Å². The van der Waals surface area contributed by atoms with E-state index in [1.165, 1.54) is 11.8 Å². The van der Waals surface area contributed by atoms with Crippen LogP contribution in [0.1, 0.15) is 12.5 Å². The van der Waals surface area contributed by atoms with Crippen molar-refractivity contribution in [1.82, 2.24) is 9.62 Å². The van der Waals surface area contributed by atoms with Crippen LogP contribution in [0.15, 0.2) is 24.3 Å². The number of hydrogen-bond donors (Lipinski definition) is 1. The second kappa shape index (κ2) is 6.11.